The minimum atomic E-state index is -4.38. The highest BCUT2D eigenvalue weighted by atomic mass is 19.4. The molecular weight excluding hydrogens is 219 g/mol. The monoisotopic (exact) mass is 233 g/mol. The number of aryl methyl sites for hydroxylation is 1. The lowest BCUT2D eigenvalue weighted by Gasteiger charge is -2.25. The Kier molecular flexibility index (Phi) is 2.69. The molecule has 1 unspecified atom stereocenters. The van der Waals surface area contributed by atoms with Crippen LogP contribution in [-0.4, -0.2) is 16.1 Å². The maximum atomic E-state index is 12.7. The lowest BCUT2D eigenvalue weighted by atomic mass is 9.97. The van der Waals surface area contributed by atoms with Crippen LogP contribution in [0.1, 0.15) is 23.6 Å². The molecule has 0 spiro atoms. The molecule has 1 aromatic rings. The third-order valence-corrected chi connectivity index (χ3v) is 3.09. The zero-order chi connectivity index (χ0) is 11.9. The molecule has 0 amide bonds. The van der Waals surface area contributed by atoms with Gasteiger partial charge in [-0.2, -0.15) is 13.2 Å². The van der Waals surface area contributed by atoms with Gasteiger partial charge in [-0.25, -0.2) is 4.98 Å². The van der Waals surface area contributed by atoms with Crippen LogP contribution in [0.3, 0.4) is 0 Å². The second-order valence-electron chi connectivity index (χ2n) is 4.22. The molecule has 0 aromatic carbocycles. The first-order valence-electron chi connectivity index (χ1n) is 5.26. The number of hydrogen-bond acceptors (Lipinski definition) is 2. The zero-order valence-electron chi connectivity index (χ0n) is 9.01. The van der Waals surface area contributed by atoms with Crippen LogP contribution < -0.4 is 5.73 Å². The van der Waals surface area contributed by atoms with Crippen LogP contribution in [0.15, 0.2) is 0 Å². The number of halogens is 3. The standard InChI is InChI=1S/C10H14F3N3/c1-6-8-3-2-7(4-14)5-16(8)9(15-6)10(11,12)13/h7H,2-5,14H2,1H3. The summed E-state index contributed by atoms with van der Waals surface area (Å²) in [5.74, 6) is -0.652. The van der Waals surface area contributed by atoms with Gasteiger partial charge in [0.1, 0.15) is 0 Å². The summed E-state index contributed by atoms with van der Waals surface area (Å²) in [6.07, 6.45) is -2.89. The van der Waals surface area contributed by atoms with Gasteiger partial charge in [-0.1, -0.05) is 0 Å². The van der Waals surface area contributed by atoms with E-state index in [9.17, 15) is 13.2 Å². The van der Waals surface area contributed by atoms with E-state index in [4.69, 9.17) is 5.73 Å². The Morgan fingerprint density at radius 2 is 2.19 bits per heavy atom. The third kappa shape index (κ3) is 1.81. The van der Waals surface area contributed by atoms with Crippen molar-refractivity contribution in [3.8, 4) is 0 Å². The molecule has 90 valence electrons. The van der Waals surface area contributed by atoms with Crippen LogP contribution in [0.25, 0.3) is 0 Å². The van der Waals surface area contributed by atoms with E-state index in [2.05, 4.69) is 4.98 Å². The first-order chi connectivity index (χ1) is 7.43. The molecular formula is C10H14F3N3. The molecule has 0 aliphatic carbocycles. The predicted molar refractivity (Wildman–Crippen MR) is 52.8 cm³/mol. The number of nitrogens with two attached hydrogens (primary N) is 1. The summed E-state index contributed by atoms with van der Waals surface area (Å²) in [6, 6.07) is 0. The predicted octanol–water partition coefficient (Wildman–Crippen LogP) is 1.73. The van der Waals surface area contributed by atoms with Gasteiger partial charge in [-0.15, -0.1) is 0 Å². The van der Waals surface area contributed by atoms with Gasteiger partial charge in [0.15, 0.2) is 0 Å². The summed E-state index contributed by atoms with van der Waals surface area (Å²) in [7, 11) is 0. The van der Waals surface area contributed by atoms with Crippen LogP contribution in [0, 0.1) is 12.8 Å². The van der Waals surface area contributed by atoms with Crippen LogP contribution in [0.5, 0.6) is 0 Å². The fourth-order valence-corrected chi connectivity index (χ4v) is 2.22. The van der Waals surface area contributed by atoms with E-state index in [0.717, 1.165) is 6.42 Å². The summed E-state index contributed by atoms with van der Waals surface area (Å²) in [4.78, 5) is 3.63. The highest BCUT2D eigenvalue weighted by molar-refractivity contribution is 5.19. The van der Waals surface area contributed by atoms with Crippen molar-refractivity contribution < 1.29 is 13.2 Å². The SMILES string of the molecule is Cc1nc(C(F)(F)F)n2c1CCC(CN)C2. The van der Waals surface area contributed by atoms with Gasteiger partial charge in [-0.3, -0.25) is 0 Å². The first kappa shape index (κ1) is 11.4. The van der Waals surface area contributed by atoms with Gasteiger partial charge >= 0.3 is 6.18 Å². The molecule has 1 aliphatic heterocycles. The van der Waals surface area contributed by atoms with Crippen molar-refractivity contribution in [1.82, 2.24) is 9.55 Å². The van der Waals surface area contributed by atoms with Gasteiger partial charge < -0.3 is 10.3 Å². The van der Waals surface area contributed by atoms with Gasteiger partial charge in [-0.05, 0) is 32.2 Å². The second kappa shape index (κ2) is 3.76. The number of alkyl halides is 3. The number of aromatic nitrogens is 2. The maximum absolute atomic E-state index is 12.7. The Labute approximate surface area is 91.5 Å². The summed E-state index contributed by atoms with van der Waals surface area (Å²) in [5, 5.41) is 0. The van der Waals surface area contributed by atoms with Gasteiger partial charge in [0.05, 0.1) is 5.69 Å². The fraction of sp³-hybridized carbons (Fsp3) is 0.700. The largest absolute Gasteiger partial charge is 0.449 e. The first-order valence-corrected chi connectivity index (χ1v) is 5.26. The van der Waals surface area contributed by atoms with E-state index < -0.39 is 12.0 Å². The molecule has 0 radical (unpaired) electrons. The molecule has 6 heteroatoms. The van der Waals surface area contributed by atoms with Crippen LogP contribution in [0.4, 0.5) is 13.2 Å². The van der Waals surface area contributed by atoms with Crippen LogP contribution in [-0.2, 0) is 19.1 Å². The van der Waals surface area contributed by atoms with E-state index in [-0.39, 0.29) is 5.92 Å². The summed E-state index contributed by atoms with van der Waals surface area (Å²) < 4.78 is 39.4. The fourth-order valence-electron chi connectivity index (χ4n) is 2.22. The minimum absolute atomic E-state index is 0.127. The van der Waals surface area contributed by atoms with Crippen molar-refractivity contribution in [1.29, 1.82) is 0 Å². The average molecular weight is 233 g/mol. The molecule has 0 saturated heterocycles. The molecule has 2 rings (SSSR count). The lowest BCUT2D eigenvalue weighted by molar-refractivity contribution is -0.147. The van der Waals surface area contributed by atoms with Gasteiger partial charge in [0.2, 0.25) is 5.82 Å². The quantitative estimate of drug-likeness (QED) is 0.802. The number of fused-ring (bicyclic) bond motifs is 1. The molecule has 0 saturated carbocycles. The zero-order valence-corrected chi connectivity index (χ0v) is 9.01. The Hall–Kier alpha value is -1.04. The van der Waals surface area contributed by atoms with Gasteiger partial charge in [0, 0.05) is 12.2 Å². The minimum Gasteiger partial charge on any atom is -0.330 e. The highest BCUT2D eigenvalue weighted by Gasteiger charge is 2.39. The number of imidazole rings is 1. The van der Waals surface area contributed by atoms with E-state index in [0.29, 0.717) is 30.9 Å². The van der Waals surface area contributed by atoms with Crippen LogP contribution in [0.2, 0.25) is 0 Å². The maximum Gasteiger partial charge on any atom is 0.449 e. The van der Waals surface area contributed by atoms with Crippen molar-refractivity contribution in [2.75, 3.05) is 6.54 Å². The van der Waals surface area contributed by atoms with Crippen molar-refractivity contribution in [2.24, 2.45) is 11.7 Å². The van der Waals surface area contributed by atoms with Crippen molar-refractivity contribution in [3.63, 3.8) is 0 Å². The molecule has 0 bridgehead atoms. The number of rotatable bonds is 1. The number of nitrogens with zero attached hydrogens (tertiary/aromatic N) is 2. The van der Waals surface area contributed by atoms with Crippen molar-refractivity contribution in [2.45, 2.75) is 32.5 Å². The topological polar surface area (TPSA) is 43.8 Å². The smallest absolute Gasteiger partial charge is 0.330 e. The molecule has 1 atom stereocenters. The summed E-state index contributed by atoms with van der Waals surface area (Å²) in [6.45, 7) is 2.39. The lowest BCUT2D eigenvalue weighted by Crippen LogP contribution is -2.29. The Bertz CT molecular complexity index is 395. The van der Waals surface area contributed by atoms with Crippen molar-refractivity contribution >= 4 is 0 Å². The van der Waals surface area contributed by atoms with E-state index in [1.807, 2.05) is 0 Å². The second-order valence-corrected chi connectivity index (χ2v) is 4.22. The molecule has 2 N–H and O–H groups in total. The van der Waals surface area contributed by atoms with Gasteiger partial charge in [0.25, 0.3) is 0 Å². The molecule has 3 nitrogen and oxygen atoms in total. The number of hydrogen-bond donors (Lipinski definition) is 1. The summed E-state index contributed by atoms with van der Waals surface area (Å²) in [5.41, 5.74) is 6.71. The van der Waals surface area contributed by atoms with E-state index in [1.165, 1.54) is 4.57 Å². The third-order valence-electron chi connectivity index (χ3n) is 3.09. The van der Waals surface area contributed by atoms with E-state index >= 15 is 0 Å². The molecule has 1 aliphatic rings. The Morgan fingerprint density at radius 3 is 2.75 bits per heavy atom. The molecule has 1 aromatic heterocycles. The summed E-state index contributed by atoms with van der Waals surface area (Å²) >= 11 is 0. The molecule has 2 heterocycles. The Balaban J connectivity index is 2.43. The Morgan fingerprint density at radius 1 is 1.50 bits per heavy atom. The van der Waals surface area contributed by atoms with Crippen LogP contribution >= 0.6 is 0 Å². The molecule has 16 heavy (non-hydrogen) atoms. The molecule has 0 fully saturated rings. The highest BCUT2D eigenvalue weighted by Crippen LogP contribution is 2.33. The average Bonchev–Trinajstić information content (AvgIpc) is 2.55. The van der Waals surface area contributed by atoms with E-state index in [1.54, 1.807) is 6.92 Å². The normalized spacial score (nSPS) is 20.9. The van der Waals surface area contributed by atoms with Crippen molar-refractivity contribution in [3.05, 3.63) is 17.2 Å².